The van der Waals surface area contributed by atoms with Crippen LogP contribution < -0.4 is 5.32 Å². The molecule has 138 valence electrons. The molecule has 1 aromatic heterocycles. The molecule has 0 saturated carbocycles. The molecule has 3 rings (SSSR count). The number of carbonyl (C=O) groups excluding carboxylic acids is 1. The molecule has 25 heavy (non-hydrogen) atoms. The quantitative estimate of drug-likeness (QED) is 0.881. The number of piperidine rings is 1. The molecule has 1 atom stereocenters. The number of hydrogen-bond donors (Lipinski definition) is 1. The van der Waals surface area contributed by atoms with Gasteiger partial charge in [0.2, 0.25) is 0 Å². The van der Waals surface area contributed by atoms with Crippen molar-refractivity contribution in [1.29, 1.82) is 0 Å². The highest BCUT2D eigenvalue weighted by atomic mass is 16.5. The summed E-state index contributed by atoms with van der Waals surface area (Å²) >= 11 is 0. The van der Waals surface area contributed by atoms with Crippen molar-refractivity contribution in [3.05, 3.63) is 29.6 Å². The van der Waals surface area contributed by atoms with Crippen LogP contribution in [0.3, 0.4) is 0 Å². The molecule has 1 aromatic rings. The molecular weight excluding hydrogens is 316 g/mol. The molecular formula is C19H30N4O2. The SMILES string of the molecule is Cc1ccc(CCNC(=O)N2CCCC(CN3CCOCC3)C2)cn1. The lowest BCUT2D eigenvalue weighted by atomic mass is 9.97. The van der Waals surface area contributed by atoms with Crippen LogP contribution in [-0.4, -0.2) is 73.3 Å². The fourth-order valence-electron chi connectivity index (χ4n) is 3.62. The summed E-state index contributed by atoms with van der Waals surface area (Å²) in [7, 11) is 0. The number of nitrogens with one attached hydrogen (secondary N) is 1. The van der Waals surface area contributed by atoms with Gasteiger partial charge < -0.3 is 15.0 Å². The average molecular weight is 346 g/mol. The zero-order chi connectivity index (χ0) is 17.5. The number of likely N-dealkylation sites (tertiary alicyclic amines) is 1. The Bertz CT molecular complexity index is 543. The summed E-state index contributed by atoms with van der Waals surface area (Å²) in [5.74, 6) is 0.582. The van der Waals surface area contributed by atoms with Gasteiger partial charge >= 0.3 is 6.03 Å². The van der Waals surface area contributed by atoms with Crippen LogP contribution in [0.25, 0.3) is 0 Å². The summed E-state index contributed by atoms with van der Waals surface area (Å²) in [6, 6.07) is 4.16. The number of morpholine rings is 1. The van der Waals surface area contributed by atoms with E-state index in [0.717, 1.165) is 70.0 Å². The standard InChI is InChI=1S/C19H30N4O2/c1-16-4-5-17(13-21-16)6-7-20-19(24)23-8-2-3-18(15-23)14-22-9-11-25-12-10-22/h4-5,13,18H,2-3,6-12,14-15H2,1H3,(H,20,24). The Morgan fingerprint density at radius 1 is 1.32 bits per heavy atom. The first-order valence-electron chi connectivity index (χ1n) is 9.45. The van der Waals surface area contributed by atoms with E-state index in [4.69, 9.17) is 4.74 Å². The van der Waals surface area contributed by atoms with E-state index in [9.17, 15) is 4.79 Å². The molecule has 0 bridgehead atoms. The molecule has 6 heteroatoms. The third kappa shape index (κ3) is 5.68. The fraction of sp³-hybridized carbons (Fsp3) is 0.684. The molecule has 1 unspecified atom stereocenters. The first kappa shape index (κ1) is 18.1. The van der Waals surface area contributed by atoms with Crippen molar-refractivity contribution in [3.8, 4) is 0 Å². The maximum Gasteiger partial charge on any atom is 0.317 e. The second kappa shape index (κ2) is 9.15. The van der Waals surface area contributed by atoms with Crippen LogP contribution in [-0.2, 0) is 11.2 Å². The van der Waals surface area contributed by atoms with Gasteiger partial charge in [-0.3, -0.25) is 9.88 Å². The van der Waals surface area contributed by atoms with Crippen molar-refractivity contribution >= 4 is 6.03 Å². The number of nitrogens with zero attached hydrogens (tertiary/aromatic N) is 3. The Kier molecular flexibility index (Phi) is 6.64. The summed E-state index contributed by atoms with van der Waals surface area (Å²) in [4.78, 5) is 21.2. The molecule has 2 aliphatic heterocycles. The summed E-state index contributed by atoms with van der Waals surface area (Å²) in [6.07, 6.45) is 5.03. The lowest BCUT2D eigenvalue weighted by molar-refractivity contribution is 0.0249. The van der Waals surface area contributed by atoms with Crippen LogP contribution in [0.5, 0.6) is 0 Å². The number of pyridine rings is 1. The maximum atomic E-state index is 12.4. The monoisotopic (exact) mass is 346 g/mol. The summed E-state index contributed by atoms with van der Waals surface area (Å²) in [6.45, 7) is 9.19. The zero-order valence-electron chi connectivity index (χ0n) is 15.2. The summed E-state index contributed by atoms with van der Waals surface area (Å²) < 4.78 is 5.41. The maximum absolute atomic E-state index is 12.4. The van der Waals surface area contributed by atoms with E-state index in [1.54, 1.807) is 0 Å². The Hall–Kier alpha value is -1.66. The van der Waals surface area contributed by atoms with Gasteiger partial charge in [0.15, 0.2) is 0 Å². The number of aromatic nitrogens is 1. The molecule has 0 aliphatic carbocycles. The lowest BCUT2D eigenvalue weighted by Gasteiger charge is -2.36. The Morgan fingerprint density at radius 3 is 2.92 bits per heavy atom. The van der Waals surface area contributed by atoms with Crippen molar-refractivity contribution in [3.63, 3.8) is 0 Å². The predicted molar refractivity (Wildman–Crippen MR) is 97.6 cm³/mol. The predicted octanol–water partition coefficient (Wildman–Crippen LogP) is 1.69. The molecule has 6 nitrogen and oxygen atoms in total. The van der Waals surface area contributed by atoms with Crippen molar-refractivity contribution in [2.45, 2.75) is 26.2 Å². The van der Waals surface area contributed by atoms with Gasteiger partial charge in [-0.25, -0.2) is 4.79 Å². The van der Waals surface area contributed by atoms with Crippen molar-refractivity contribution in [2.24, 2.45) is 5.92 Å². The van der Waals surface area contributed by atoms with Gasteiger partial charge in [-0.1, -0.05) is 6.07 Å². The Balaban J connectivity index is 1.39. The van der Waals surface area contributed by atoms with Gasteiger partial charge in [0, 0.05) is 51.2 Å². The molecule has 2 amide bonds. The van der Waals surface area contributed by atoms with Crippen molar-refractivity contribution < 1.29 is 9.53 Å². The van der Waals surface area contributed by atoms with E-state index < -0.39 is 0 Å². The van der Waals surface area contributed by atoms with Crippen LogP contribution in [0.15, 0.2) is 18.3 Å². The van der Waals surface area contributed by atoms with Crippen LogP contribution >= 0.6 is 0 Å². The number of carbonyl (C=O) groups is 1. The van der Waals surface area contributed by atoms with Gasteiger partial charge in [-0.15, -0.1) is 0 Å². The van der Waals surface area contributed by atoms with Crippen molar-refractivity contribution in [1.82, 2.24) is 20.1 Å². The van der Waals surface area contributed by atoms with E-state index in [-0.39, 0.29) is 6.03 Å². The zero-order valence-corrected chi connectivity index (χ0v) is 15.2. The Labute approximate surface area is 150 Å². The van der Waals surface area contributed by atoms with Crippen molar-refractivity contribution in [2.75, 3.05) is 52.5 Å². The van der Waals surface area contributed by atoms with Crippen LogP contribution in [0, 0.1) is 12.8 Å². The second-order valence-electron chi connectivity index (χ2n) is 7.16. The molecule has 0 aromatic carbocycles. The molecule has 2 fully saturated rings. The highest BCUT2D eigenvalue weighted by molar-refractivity contribution is 5.74. The normalized spacial score (nSPS) is 22.0. The van der Waals surface area contributed by atoms with Crippen LogP contribution in [0.4, 0.5) is 4.79 Å². The first-order chi connectivity index (χ1) is 12.2. The molecule has 2 aliphatic rings. The summed E-state index contributed by atoms with van der Waals surface area (Å²) in [5, 5.41) is 3.07. The minimum Gasteiger partial charge on any atom is -0.379 e. The third-order valence-electron chi connectivity index (χ3n) is 5.09. The summed E-state index contributed by atoms with van der Waals surface area (Å²) in [5.41, 5.74) is 2.18. The number of hydrogen-bond acceptors (Lipinski definition) is 4. The fourth-order valence-corrected chi connectivity index (χ4v) is 3.62. The highest BCUT2D eigenvalue weighted by Crippen LogP contribution is 2.18. The molecule has 0 radical (unpaired) electrons. The smallest absolute Gasteiger partial charge is 0.317 e. The van der Waals surface area contributed by atoms with E-state index in [0.29, 0.717) is 12.5 Å². The molecule has 0 spiro atoms. The molecule has 2 saturated heterocycles. The van der Waals surface area contributed by atoms with Gasteiger partial charge in [-0.05, 0) is 43.7 Å². The van der Waals surface area contributed by atoms with E-state index >= 15 is 0 Å². The molecule has 3 heterocycles. The number of urea groups is 1. The largest absolute Gasteiger partial charge is 0.379 e. The second-order valence-corrected chi connectivity index (χ2v) is 7.16. The van der Waals surface area contributed by atoms with Gasteiger partial charge in [0.1, 0.15) is 0 Å². The average Bonchev–Trinajstić information content (AvgIpc) is 2.64. The van der Waals surface area contributed by atoms with Crippen LogP contribution in [0.2, 0.25) is 0 Å². The first-order valence-corrected chi connectivity index (χ1v) is 9.45. The number of amides is 2. The molecule has 1 N–H and O–H groups in total. The number of rotatable bonds is 5. The number of ether oxygens (including phenoxy) is 1. The van der Waals surface area contributed by atoms with E-state index in [2.05, 4.69) is 21.3 Å². The minimum absolute atomic E-state index is 0.0757. The Morgan fingerprint density at radius 2 is 2.16 bits per heavy atom. The topological polar surface area (TPSA) is 57.7 Å². The highest BCUT2D eigenvalue weighted by Gasteiger charge is 2.25. The van der Waals surface area contributed by atoms with Gasteiger partial charge in [-0.2, -0.15) is 0 Å². The number of aryl methyl sites for hydroxylation is 1. The lowest BCUT2D eigenvalue weighted by Crippen LogP contribution is -2.49. The van der Waals surface area contributed by atoms with E-state index in [1.165, 1.54) is 6.42 Å². The van der Waals surface area contributed by atoms with E-state index in [1.807, 2.05) is 24.1 Å². The van der Waals surface area contributed by atoms with Crippen LogP contribution in [0.1, 0.15) is 24.1 Å². The van der Waals surface area contributed by atoms with Gasteiger partial charge in [0.05, 0.1) is 13.2 Å². The minimum atomic E-state index is 0.0757. The van der Waals surface area contributed by atoms with Gasteiger partial charge in [0.25, 0.3) is 0 Å². The third-order valence-corrected chi connectivity index (χ3v) is 5.09.